The summed E-state index contributed by atoms with van der Waals surface area (Å²) in [6, 6.07) is 7.21. The molecule has 5 heteroatoms. The molecule has 1 aliphatic rings. The van der Waals surface area contributed by atoms with Crippen LogP contribution in [-0.4, -0.2) is 34.5 Å². The smallest absolute Gasteiger partial charge is 0.326 e. The van der Waals surface area contributed by atoms with Crippen molar-refractivity contribution in [3.63, 3.8) is 0 Å². The summed E-state index contributed by atoms with van der Waals surface area (Å²) in [5.41, 5.74) is 1.08. The van der Waals surface area contributed by atoms with E-state index in [4.69, 9.17) is 0 Å². The Morgan fingerprint density at radius 1 is 1.29 bits per heavy atom. The van der Waals surface area contributed by atoms with E-state index in [1.54, 1.807) is 4.90 Å². The molecule has 0 spiro atoms. The van der Waals surface area contributed by atoms with E-state index in [0.29, 0.717) is 25.8 Å². The van der Waals surface area contributed by atoms with Gasteiger partial charge in [0.25, 0.3) is 0 Å². The van der Waals surface area contributed by atoms with Gasteiger partial charge in [0.15, 0.2) is 0 Å². The lowest BCUT2D eigenvalue weighted by Crippen LogP contribution is -2.44. The van der Waals surface area contributed by atoms with Crippen molar-refractivity contribution in [1.82, 2.24) is 4.90 Å². The molecule has 0 aromatic heterocycles. The maximum atomic E-state index is 12.4. The second kappa shape index (κ2) is 7.59. The van der Waals surface area contributed by atoms with Gasteiger partial charge >= 0.3 is 5.97 Å². The van der Waals surface area contributed by atoms with Gasteiger partial charge in [-0.1, -0.05) is 40.9 Å². The highest BCUT2D eigenvalue weighted by Gasteiger charge is 2.30. The minimum atomic E-state index is -0.882. The van der Waals surface area contributed by atoms with Gasteiger partial charge in [0.05, 0.1) is 0 Å². The predicted molar refractivity (Wildman–Crippen MR) is 84.1 cm³/mol. The van der Waals surface area contributed by atoms with Gasteiger partial charge in [-0.2, -0.15) is 0 Å². The molecule has 0 saturated carbocycles. The molecule has 1 N–H and O–H groups in total. The summed E-state index contributed by atoms with van der Waals surface area (Å²) in [6.45, 7) is 0.564. The van der Waals surface area contributed by atoms with Gasteiger partial charge in [-0.3, -0.25) is 4.79 Å². The van der Waals surface area contributed by atoms with Gasteiger partial charge in [-0.05, 0) is 37.0 Å². The number of hydrogen-bond acceptors (Lipinski definition) is 2. The van der Waals surface area contributed by atoms with Crippen LogP contribution in [0.15, 0.2) is 28.7 Å². The number of nitrogens with zero attached hydrogens (tertiary/aromatic N) is 1. The summed E-state index contributed by atoms with van der Waals surface area (Å²) in [6.07, 6.45) is 4.34. The van der Waals surface area contributed by atoms with Gasteiger partial charge in [0.1, 0.15) is 6.04 Å². The summed E-state index contributed by atoms with van der Waals surface area (Å²) in [7, 11) is 0. The zero-order valence-corrected chi connectivity index (χ0v) is 13.5. The number of hydrogen-bond donors (Lipinski definition) is 1. The molecule has 2 rings (SSSR count). The Balaban J connectivity index is 1.98. The normalized spacial score (nSPS) is 19.1. The van der Waals surface area contributed by atoms with Gasteiger partial charge in [0, 0.05) is 17.4 Å². The van der Waals surface area contributed by atoms with Gasteiger partial charge < -0.3 is 10.0 Å². The number of aliphatic carboxylic acids is 1. The maximum Gasteiger partial charge on any atom is 0.326 e. The van der Waals surface area contributed by atoms with E-state index in [1.165, 1.54) is 0 Å². The molecular formula is C16H20BrNO3. The molecule has 1 aliphatic heterocycles. The van der Waals surface area contributed by atoms with Crippen LogP contribution < -0.4 is 0 Å². The number of benzene rings is 1. The van der Waals surface area contributed by atoms with Crippen molar-refractivity contribution in [2.45, 2.75) is 44.6 Å². The molecule has 1 atom stereocenters. The number of carbonyl (C=O) groups is 2. The van der Waals surface area contributed by atoms with Crippen LogP contribution in [0.5, 0.6) is 0 Å². The second-order valence-corrected chi connectivity index (χ2v) is 6.34. The average molecular weight is 354 g/mol. The fraction of sp³-hybridized carbons (Fsp3) is 0.500. The number of rotatable bonds is 4. The number of aryl methyl sites for hydroxylation is 1. The van der Waals surface area contributed by atoms with E-state index in [9.17, 15) is 14.7 Å². The summed E-state index contributed by atoms with van der Waals surface area (Å²) < 4.78 is 0.991. The van der Waals surface area contributed by atoms with Crippen molar-refractivity contribution in [1.29, 1.82) is 0 Å². The predicted octanol–water partition coefficient (Wildman–Crippen LogP) is 3.24. The molecule has 0 aliphatic carbocycles. The van der Waals surface area contributed by atoms with Crippen LogP contribution in [0.1, 0.15) is 37.7 Å². The van der Waals surface area contributed by atoms with Crippen molar-refractivity contribution < 1.29 is 14.7 Å². The molecule has 1 saturated heterocycles. The average Bonchev–Trinajstić information content (AvgIpc) is 2.70. The van der Waals surface area contributed by atoms with Crippen molar-refractivity contribution in [2.24, 2.45) is 0 Å². The van der Waals surface area contributed by atoms with E-state index in [0.717, 1.165) is 29.3 Å². The molecule has 1 amide bonds. The summed E-state index contributed by atoms with van der Waals surface area (Å²) in [5.74, 6) is -0.933. The van der Waals surface area contributed by atoms with Crippen LogP contribution in [0.25, 0.3) is 0 Å². The first-order valence-corrected chi connectivity index (χ1v) is 8.14. The van der Waals surface area contributed by atoms with Gasteiger partial charge in [-0.25, -0.2) is 4.79 Å². The summed E-state index contributed by atoms with van der Waals surface area (Å²) >= 11 is 3.41. The first-order valence-electron chi connectivity index (χ1n) is 7.34. The van der Waals surface area contributed by atoms with Crippen molar-refractivity contribution in [3.8, 4) is 0 Å². The van der Waals surface area contributed by atoms with Crippen LogP contribution in [-0.2, 0) is 16.0 Å². The topological polar surface area (TPSA) is 57.6 Å². The maximum absolute atomic E-state index is 12.4. The number of amides is 1. The highest BCUT2D eigenvalue weighted by atomic mass is 79.9. The Kier molecular flexibility index (Phi) is 5.79. The monoisotopic (exact) mass is 353 g/mol. The summed E-state index contributed by atoms with van der Waals surface area (Å²) in [5, 5.41) is 9.30. The Labute approximate surface area is 133 Å². The van der Waals surface area contributed by atoms with Crippen LogP contribution in [0, 0.1) is 0 Å². The van der Waals surface area contributed by atoms with Gasteiger partial charge in [0.2, 0.25) is 5.91 Å². The van der Waals surface area contributed by atoms with E-state index in [2.05, 4.69) is 15.9 Å². The Hall–Kier alpha value is -1.36. The highest BCUT2D eigenvalue weighted by molar-refractivity contribution is 9.10. The van der Waals surface area contributed by atoms with Crippen LogP contribution in [0.2, 0.25) is 0 Å². The first kappa shape index (κ1) is 16.0. The molecule has 1 aromatic rings. The number of carboxylic acids is 1. The van der Waals surface area contributed by atoms with Gasteiger partial charge in [-0.15, -0.1) is 0 Å². The Morgan fingerprint density at radius 2 is 2.10 bits per heavy atom. The highest BCUT2D eigenvalue weighted by Crippen LogP contribution is 2.19. The van der Waals surface area contributed by atoms with E-state index in [1.807, 2.05) is 24.3 Å². The number of carbonyl (C=O) groups excluding carboxylic acids is 1. The third-order valence-electron chi connectivity index (χ3n) is 3.87. The fourth-order valence-corrected chi connectivity index (χ4v) is 3.20. The standard InChI is InChI=1S/C16H20BrNO3/c17-13-6-4-5-12(11-13)8-9-15(19)18-10-3-1-2-7-14(18)16(20)21/h4-6,11,14H,1-3,7-10H2,(H,20,21). The molecule has 0 radical (unpaired) electrons. The van der Waals surface area contributed by atoms with Crippen LogP contribution in [0.4, 0.5) is 0 Å². The zero-order chi connectivity index (χ0) is 15.2. The third-order valence-corrected chi connectivity index (χ3v) is 4.37. The van der Waals surface area contributed by atoms with Crippen molar-refractivity contribution in [2.75, 3.05) is 6.54 Å². The third kappa shape index (κ3) is 4.56. The molecule has 114 valence electrons. The summed E-state index contributed by atoms with van der Waals surface area (Å²) in [4.78, 5) is 25.3. The lowest BCUT2D eigenvalue weighted by atomic mass is 10.1. The molecular weight excluding hydrogens is 334 g/mol. The lowest BCUT2D eigenvalue weighted by molar-refractivity contribution is -0.150. The van der Waals surface area contributed by atoms with Crippen LogP contribution >= 0.6 is 15.9 Å². The number of halogens is 1. The molecule has 1 fully saturated rings. The lowest BCUT2D eigenvalue weighted by Gasteiger charge is -2.27. The fourth-order valence-electron chi connectivity index (χ4n) is 2.75. The Morgan fingerprint density at radius 3 is 2.81 bits per heavy atom. The first-order chi connectivity index (χ1) is 10.1. The molecule has 21 heavy (non-hydrogen) atoms. The van der Waals surface area contributed by atoms with Crippen molar-refractivity contribution in [3.05, 3.63) is 34.3 Å². The quantitative estimate of drug-likeness (QED) is 0.903. The SMILES string of the molecule is O=C(O)C1CCCCCN1C(=O)CCc1cccc(Br)c1. The molecule has 1 heterocycles. The Bertz CT molecular complexity index is 518. The van der Waals surface area contributed by atoms with E-state index >= 15 is 0 Å². The molecule has 1 aromatic carbocycles. The number of carboxylic acid groups (broad SMARTS) is 1. The minimum absolute atomic E-state index is 0.0516. The second-order valence-electron chi connectivity index (χ2n) is 5.42. The molecule has 4 nitrogen and oxygen atoms in total. The molecule has 0 bridgehead atoms. The number of likely N-dealkylation sites (tertiary alicyclic amines) is 1. The van der Waals surface area contributed by atoms with Crippen molar-refractivity contribution >= 4 is 27.8 Å². The van der Waals surface area contributed by atoms with E-state index in [-0.39, 0.29) is 5.91 Å². The molecule has 1 unspecified atom stereocenters. The minimum Gasteiger partial charge on any atom is -0.480 e. The van der Waals surface area contributed by atoms with Crippen LogP contribution in [0.3, 0.4) is 0 Å². The zero-order valence-electron chi connectivity index (χ0n) is 11.9. The van der Waals surface area contributed by atoms with E-state index < -0.39 is 12.0 Å². The largest absolute Gasteiger partial charge is 0.480 e.